The maximum absolute atomic E-state index is 4.86. The number of nitrogens with zero attached hydrogens (tertiary/aromatic N) is 2. The molecule has 1 aliphatic heterocycles. The molecule has 1 aromatic heterocycles. The van der Waals surface area contributed by atoms with Gasteiger partial charge in [0.1, 0.15) is 0 Å². The van der Waals surface area contributed by atoms with Crippen LogP contribution < -0.4 is 5.32 Å². The van der Waals surface area contributed by atoms with Crippen LogP contribution in [-0.2, 0) is 0 Å². The molecule has 1 aliphatic rings. The number of aliphatic imine (C=N–C) groups is 1. The second kappa shape index (κ2) is 4.87. The van der Waals surface area contributed by atoms with Gasteiger partial charge in [0, 0.05) is 23.0 Å². The Bertz CT molecular complexity index is 823. The molecule has 2 heterocycles. The Kier molecular flexibility index (Phi) is 2.75. The molecule has 0 radical (unpaired) electrons. The fourth-order valence-corrected chi connectivity index (χ4v) is 2.52. The number of para-hydroxylation sites is 1. The van der Waals surface area contributed by atoms with E-state index in [0.717, 1.165) is 33.9 Å². The number of hydrogen-bond donors (Lipinski definition) is 1. The van der Waals surface area contributed by atoms with Gasteiger partial charge in [-0.3, -0.25) is 4.98 Å². The summed E-state index contributed by atoms with van der Waals surface area (Å²) in [6.45, 7) is 0. The molecule has 1 N–H and O–H groups in total. The van der Waals surface area contributed by atoms with E-state index in [9.17, 15) is 0 Å². The van der Waals surface area contributed by atoms with Crippen molar-refractivity contribution in [2.75, 3.05) is 5.32 Å². The lowest BCUT2D eigenvalue weighted by Gasteiger charge is -2.10. The molecular weight excluding hydrogens is 258 g/mol. The minimum Gasteiger partial charge on any atom is -0.352 e. The predicted molar refractivity (Wildman–Crippen MR) is 85.7 cm³/mol. The van der Waals surface area contributed by atoms with E-state index in [4.69, 9.17) is 4.99 Å². The van der Waals surface area contributed by atoms with E-state index in [-0.39, 0.29) is 0 Å². The number of aromatic nitrogens is 1. The molecule has 0 saturated heterocycles. The summed E-state index contributed by atoms with van der Waals surface area (Å²) < 4.78 is 0. The number of pyridine rings is 1. The number of benzene rings is 2. The normalized spacial score (nSPS) is 12.5. The zero-order chi connectivity index (χ0) is 14.1. The molecule has 3 nitrogen and oxygen atoms in total. The average Bonchev–Trinajstić information content (AvgIpc) is 2.72. The molecule has 21 heavy (non-hydrogen) atoms. The standard InChI is InChI=1S/C18H13N3/c1-2-6-13(7-3-1)18-14-8-4-5-9-15(14)20-17-12-19-11-10-16(17)21-18/h1-12,20H. The first-order valence-corrected chi connectivity index (χ1v) is 6.86. The largest absolute Gasteiger partial charge is 0.352 e. The molecule has 4 rings (SSSR count). The SMILES string of the molecule is c1ccc(C2=Nc3ccncc3Nc3ccccc32)cc1. The quantitative estimate of drug-likeness (QED) is 0.560. The number of nitrogens with one attached hydrogen (secondary N) is 1. The van der Waals surface area contributed by atoms with Gasteiger partial charge >= 0.3 is 0 Å². The summed E-state index contributed by atoms with van der Waals surface area (Å²) in [5.41, 5.74) is 6.06. The van der Waals surface area contributed by atoms with Crippen LogP contribution in [0.1, 0.15) is 11.1 Å². The third-order valence-corrected chi connectivity index (χ3v) is 3.53. The van der Waals surface area contributed by atoms with E-state index < -0.39 is 0 Å². The first-order chi connectivity index (χ1) is 10.4. The third-order valence-electron chi connectivity index (χ3n) is 3.53. The van der Waals surface area contributed by atoms with Crippen LogP contribution in [0.4, 0.5) is 17.1 Å². The maximum Gasteiger partial charge on any atom is 0.0903 e. The third kappa shape index (κ3) is 2.09. The monoisotopic (exact) mass is 271 g/mol. The molecule has 0 spiro atoms. The first kappa shape index (κ1) is 11.9. The highest BCUT2D eigenvalue weighted by atomic mass is 15.0. The average molecular weight is 271 g/mol. The number of hydrogen-bond acceptors (Lipinski definition) is 3. The predicted octanol–water partition coefficient (Wildman–Crippen LogP) is 4.31. The van der Waals surface area contributed by atoms with Crippen molar-refractivity contribution in [3.63, 3.8) is 0 Å². The van der Waals surface area contributed by atoms with Crippen LogP contribution in [0.3, 0.4) is 0 Å². The molecule has 0 saturated carbocycles. The van der Waals surface area contributed by atoms with E-state index in [1.807, 2.05) is 42.6 Å². The number of fused-ring (bicyclic) bond motifs is 2. The molecule has 100 valence electrons. The van der Waals surface area contributed by atoms with Crippen molar-refractivity contribution in [3.05, 3.63) is 84.2 Å². The molecule has 0 unspecified atom stereocenters. The molecule has 3 heteroatoms. The Hall–Kier alpha value is -2.94. The van der Waals surface area contributed by atoms with E-state index in [1.54, 1.807) is 6.20 Å². The Morgan fingerprint density at radius 2 is 1.57 bits per heavy atom. The van der Waals surface area contributed by atoms with E-state index in [0.29, 0.717) is 0 Å². The Morgan fingerprint density at radius 1 is 0.762 bits per heavy atom. The Balaban J connectivity index is 2.00. The van der Waals surface area contributed by atoms with Gasteiger partial charge in [-0.1, -0.05) is 48.5 Å². The molecule has 0 amide bonds. The van der Waals surface area contributed by atoms with Crippen LogP contribution in [0, 0.1) is 0 Å². The minimum atomic E-state index is 0.903. The topological polar surface area (TPSA) is 37.3 Å². The van der Waals surface area contributed by atoms with Crippen LogP contribution in [0.25, 0.3) is 0 Å². The molecule has 0 atom stereocenters. The van der Waals surface area contributed by atoms with E-state index in [2.05, 4.69) is 34.6 Å². The van der Waals surface area contributed by atoms with Gasteiger partial charge in [0.2, 0.25) is 0 Å². The van der Waals surface area contributed by atoms with Crippen molar-refractivity contribution in [3.8, 4) is 0 Å². The van der Waals surface area contributed by atoms with Gasteiger partial charge in [-0.05, 0) is 12.1 Å². The highest BCUT2D eigenvalue weighted by Crippen LogP contribution is 2.34. The van der Waals surface area contributed by atoms with Crippen molar-refractivity contribution in [1.29, 1.82) is 0 Å². The molecule has 3 aromatic rings. The minimum absolute atomic E-state index is 0.903. The van der Waals surface area contributed by atoms with Gasteiger partial charge in [0.15, 0.2) is 0 Å². The summed E-state index contributed by atoms with van der Waals surface area (Å²) in [6, 6.07) is 20.4. The van der Waals surface area contributed by atoms with Crippen molar-refractivity contribution in [2.45, 2.75) is 0 Å². The summed E-state index contributed by atoms with van der Waals surface area (Å²) in [4.78, 5) is 9.04. The highest BCUT2D eigenvalue weighted by molar-refractivity contribution is 6.18. The van der Waals surface area contributed by atoms with Crippen LogP contribution >= 0.6 is 0 Å². The smallest absolute Gasteiger partial charge is 0.0903 e. The Labute approximate surface area is 123 Å². The summed E-state index contributed by atoms with van der Waals surface area (Å²) in [5.74, 6) is 0. The summed E-state index contributed by atoms with van der Waals surface area (Å²) in [5, 5.41) is 3.43. The zero-order valence-corrected chi connectivity index (χ0v) is 11.3. The Morgan fingerprint density at radius 3 is 2.48 bits per heavy atom. The molecule has 0 aliphatic carbocycles. The van der Waals surface area contributed by atoms with Crippen molar-refractivity contribution >= 4 is 22.8 Å². The van der Waals surface area contributed by atoms with E-state index >= 15 is 0 Å². The van der Waals surface area contributed by atoms with Crippen LogP contribution in [0.2, 0.25) is 0 Å². The van der Waals surface area contributed by atoms with Crippen molar-refractivity contribution in [1.82, 2.24) is 4.98 Å². The molecule has 2 aromatic carbocycles. The van der Waals surface area contributed by atoms with Crippen LogP contribution in [0.15, 0.2) is 78.0 Å². The maximum atomic E-state index is 4.86. The van der Waals surface area contributed by atoms with Gasteiger partial charge in [0.05, 0.1) is 23.3 Å². The van der Waals surface area contributed by atoms with Gasteiger partial charge in [-0.15, -0.1) is 0 Å². The fraction of sp³-hybridized carbons (Fsp3) is 0. The lowest BCUT2D eigenvalue weighted by molar-refractivity contribution is 1.31. The van der Waals surface area contributed by atoms with Crippen LogP contribution in [0.5, 0.6) is 0 Å². The van der Waals surface area contributed by atoms with Gasteiger partial charge in [-0.25, -0.2) is 4.99 Å². The van der Waals surface area contributed by atoms with Crippen LogP contribution in [-0.4, -0.2) is 10.7 Å². The first-order valence-electron chi connectivity index (χ1n) is 6.86. The molecule has 0 fully saturated rings. The zero-order valence-electron chi connectivity index (χ0n) is 11.3. The lowest BCUT2D eigenvalue weighted by atomic mass is 10.0. The van der Waals surface area contributed by atoms with Crippen molar-refractivity contribution < 1.29 is 0 Å². The number of rotatable bonds is 1. The van der Waals surface area contributed by atoms with E-state index in [1.165, 1.54) is 0 Å². The lowest BCUT2D eigenvalue weighted by Crippen LogP contribution is -2.04. The van der Waals surface area contributed by atoms with Crippen molar-refractivity contribution in [2.24, 2.45) is 4.99 Å². The van der Waals surface area contributed by atoms with Gasteiger partial charge < -0.3 is 5.32 Å². The number of anilines is 2. The fourth-order valence-electron chi connectivity index (χ4n) is 2.52. The van der Waals surface area contributed by atoms with Gasteiger partial charge in [-0.2, -0.15) is 0 Å². The van der Waals surface area contributed by atoms with Gasteiger partial charge in [0.25, 0.3) is 0 Å². The summed E-state index contributed by atoms with van der Waals surface area (Å²) in [6.07, 6.45) is 3.58. The molecule has 0 bridgehead atoms. The highest BCUT2D eigenvalue weighted by Gasteiger charge is 2.16. The summed E-state index contributed by atoms with van der Waals surface area (Å²) in [7, 11) is 0. The second-order valence-electron chi connectivity index (χ2n) is 4.89. The summed E-state index contributed by atoms with van der Waals surface area (Å²) >= 11 is 0. The molecular formula is C18H13N3. The second-order valence-corrected chi connectivity index (χ2v) is 4.89.